The summed E-state index contributed by atoms with van der Waals surface area (Å²) in [6.45, 7) is 0.268. The molecule has 0 fully saturated rings. The van der Waals surface area contributed by atoms with E-state index in [0.29, 0.717) is 11.3 Å². The van der Waals surface area contributed by atoms with Crippen LogP contribution in [0.25, 0.3) is 0 Å². The summed E-state index contributed by atoms with van der Waals surface area (Å²) in [7, 11) is 0. The molecule has 2 rings (SSSR count). The summed E-state index contributed by atoms with van der Waals surface area (Å²) in [5.74, 6) is 4.79. The molecule has 6 heteroatoms. The molecule has 3 nitrogen and oxygen atoms in total. The van der Waals surface area contributed by atoms with E-state index in [0.717, 1.165) is 10.9 Å². The van der Waals surface area contributed by atoms with Gasteiger partial charge in [0, 0.05) is 5.38 Å². The van der Waals surface area contributed by atoms with E-state index in [-0.39, 0.29) is 17.5 Å². The lowest BCUT2D eigenvalue weighted by molar-refractivity contribution is 0.102. The molecule has 2 aromatic rings. The van der Waals surface area contributed by atoms with Crippen LogP contribution in [0.2, 0.25) is 5.02 Å². The molecule has 0 saturated heterocycles. The number of hydrogen-bond donors (Lipinski definition) is 2. The molecule has 0 saturated carbocycles. The smallest absolute Gasteiger partial charge is 0.256 e. The molecule has 1 heterocycles. The lowest BCUT2D eigenvalue weighted by Gasteiger charge is -2.05. The van der Waals surface area contributed by atoms with Crippen molar-refractivity contribution in [3.63, 3.8) is 0 Å². The van der Waals surface area contributed by atoms with E-state index < -0.39 is 5.82 Å². The zero-order valence-corrected chi connectivity index (χ0v) is 11.8. The van der Waals surface area contributed by atoms with Crippen LogP contribution in [0.5, 0.6) is 0 Å². The normalized spacial score (nSPS) is 9.75. The third-order valence-corrected chi connectivity index (χ3v) is 3.51. The van der Waals surface area contributed by atoms with Crippen molar-refractivity contribution in [2.45, 2.75) is 0 Å². The van der Waals surface area contributed by atoms with Crippen LogP contribution in [0, 0.1) is 17.7 Å². The van der Waals surface area contributed by atoms with E-state index in [1.165, 1.54) is 23.5 Å². The second kappa shape index (κ2) is 6.53. The Bertz CT molecular complexity index is 703. The number of hydrogen-bond acceptors (Lipinski definition) is 3. The van der Waals surface area contributed by atoms with Crippen LogP contribution in [-0.2, 0) is 0 Å². The van der Waals surface area contributed by atoms with Gasteiger partial charge in [-0.2, -0.15) is 0 Å². The zero-order valence-electron chi connectivity index (χ0n) is 10.2. The molecule has 1 amide bonds. The van der Waals surface area contributed by atoms with Gasteiger partial charge in [-0.1, -0.05) is 23.4 Å². The van der Waals surface area contributed by atoms with Gasteiger partial charge in [-0.15, -0.1) is 11.3 Å². The maximum atomic E-state index is 12.9. The van der Waals surface area contributed by atoms with Gasteiger partial charge in [0.25, 0.3) is 5.91 Å². The number of benzene rings is 1. The van der Waals surface area contributed by atoms with Crippen molar-refractivity contribution in [2.75, 3.05) is 11.9 Å². The molecule has 102 valence electrons. The summed E-state index contributed by atoms with van der Waals surface area (Å²) in [6, 6.07) is 5.45. The summed E-state index contributed by atoms with van der Waals surface area (Å²) >= 11 is 7.20. The van der Waals surface area contributed by atoms with E-state index in [9.17, 15) is 9.18 Å². The molecule has 0 aliphatic heterocycles. The Kier molecular flexibility index (Phi) is 4.74. The molecule has 0 aliphatic rings. The minimum Gasteiger partial charge on any atom is -0.321 e. The van der Waals surface area contributed by atoms with Crippen LogP contribution in [-0.4, -0.2) is 12.5 Å². The molecule has 1 aromatic carbocycles. The van der Waals surface area contributed by atoms with Gasteiger partial charge in [0.2, 0.25) is 0 Å². The quantitative estimate of drug-likeness (QED) is 0.838. The fourth-order valence-corrected chi connectivity index (χ4v) is 2.41. The zero-order chi connectivity index (χ0) is 14.5. The van der Waals surface area contributed by atoms with E-state index >= 15 is 0 Å². The topological polar surface area (TPSA) is 55.1 Å². The first kappa shape index (κ1) is 14.5. The standard InChI is InChI=1S/C14H10ClFN2OS/c15-12-7-10(16)3-4-13(12)18-14(19)9-6-11(20-8-9)2-1-5-17/h3-4,6-8H,5,17H2,(H,18,19). The van der Waals surface area contributed by atoms with Crippen molar-refractivity contribution in [3.05, 3.63) is 50.9 Å². The van der Waals surface area contributed by atoms with Crippen LogP contribution in [0.1, 0.15) is 15.2 Å². The summed E-state index contributed by atoms with van der Waals surface area (Å²) in [6.07, 6.45) is 0. The highest BCUT2D eigenvalue weighted by Crippen LogP contribution is 2.23. The van der Waals surface area contributed by atoms with E-state index in [1.54, 1.807) is 11.4 Å². The van der Waals surface area contributed by atoms with Crippen molar-refractivity contribution in [1.29, 1.82) is 0 Å². The monoisotopic (exact) mass is 308 g/mol. The number of anilines is 1. The third-order valence-electron chi connectivity index (χ3n) is 2.35. The Morgan fingerprint density at radius 2 is 2.25 bits per heavy atom. The van der Waals surface area contributed by atoms with Crippen molar-refractivity contribution in [3.8, 4) is 11.8 Å². The molecule has 0 atom stereocenters. The first-order chi connectivity index (χ1) is 9.60. The second-order valence-corrected chi connectivity index (χ2v) is 5.10. The highest BCUT2D eigenvalue weighted by molar-refractivity contribution is 7.10. The van der Waals surface area contributed by atoms with Crippen molar-refractivity contribution < 1.29 is 9.18 Å². The van der Waals surface area contributed by atoms with Crippen LogP contribution in [0.3, 0.4) is 0 Å². The summed E-state index contributed by atoms with van der Waals surface area (Å²) in [4.78, 5) is 12.8. The number of thiophene rings is 1. The number of halogens is 2. The number of nitrogens with two attached hydrogens (primary N) is 1. The van der Waals surface area contributed by atoms with Crippen LogP contribution in [0.4, 0.5) is 10.1 Å². The highest BCUT2D eigenvalue weighted by atomic mass is 35.5. The molecule has 0 aliphatic carbocycles. The fourth-order valence-electron chi connectivity index (χ4n) is 1.44. The number of nitrogens with one attached hydrogen (secondary N) is 1. The molecule has 0 unspecified atom stereocenters. The van der Waals surface area contributed by atoms with Gasteiger partial charge < -0.3 is 11.1 Å². The molecule has 0 spiro atoms. The van der Waals surface area contributed by atoms with Gasteiger partial charge in [-0.05, 0) is 24.3 Å². The summed E-state index contributed by atoms with van der Waals surface area (Å²) in [5.41, 5.74) is 6.11. The van der Waals surface area contributed by atoms with E-state index in [2.05, 4.69) is 17.2 Å². The summed E-state index contributed by atoms with van der Waals surface area (Å²) < 4.78 is 12.9. The predicted octanol–water partition coefficient (Wildman–Crippen LogP) is 3.10. The van der Waals surface area contributed by atoms with Crippen molar-refractivity contribution >= 4 is 34.5 Å². The lowest BCUT2D eigenvalue weighted by atomic mass is 10.2. The molecule has 20 heavy (non-hydrogen) atoms. The molecular weight excluding hydrogens is 299 g/mol. The van der Waals surface area contributed by atoms with Gasteiger partial charge in [-0.3, -0.25) is 4.79 Å². The Labute approximate surface area is 124 Å². The van der Waals surface area contributed by atoms with E-state index in [1.807, 2.05) is 0 Å². The van der Waals surface area contributed by atoms with Gasteiger partial charge in [0.05, 0.1) is 27.7 Å². The van der Waals surface area contributed by atoms with Crippen molar-refractivity contribution in [2.24, 2.45) is 5.73 Å². The molecule has 1 aromatic heterocycles. The van der Waals surface area contributed by atoms with Crippen molar-refractivity contribution in [1.82, 2.24) is 0 Å². The first-order valence-electron chi connectivity index (χ1n) is 5.64. The average molecular weight is 309 g/mol. The van der Waals surface area contributed by atoms with E-state index in [4.69, 9.17) is 17.3 Å². The molecular formula is C14H10ClFN2OS. The SMILES string of the molecule is NCC#Cc1cc(C(=O)Nc2ccc(F)cc2Cl)cs1. The summed E-state index contributed by atoms with van der Waals surface area (Å²) in [5, 5.41) is 4.46. The largest absolute Gasteiger partial charge is 0.321 e. The number of rotatable bonds is 2. The van der Waals surface area contributed by atoms with Crippen LogP contribution in [0.15, 0.2) is 29.6 Å². The predicted molar refractivity (Wildman–Crippen MR) is 79.6 cm³/mol. The Morgan fingerprint density at radius 1 is 1.45 bits per heavy atom. The highest BCUT2D eigenvalue weighted by Gasteiger charge is 2.10. The number of amides is 1. The number of carbonyl (C=O) groups excluding carboxylic acids is 1. The second-order valence-electron chi connectivity index (χ2n) is 3.78. The fraction of sp³-hybridized carbons (Fsp3) is 0.0714. The minimum absolute atomic E-state index is 0.150. The van der Waals surface area contributed by atoms with Gasteiger partial charge in [0.1, 0.15) is 5.82 Å². The minimum atomic E-state index is -0.456. The van der Waals surface area contributed by atoms with Crippen LogP contribution < -0.4 is 11.1 Å². The Hall–Kier alpha value is -1.87. The maximum absolute atomic E-state index is 12.9. The average Bonchev–Trinajstić information content (AvgIpc) is 2.88. The van der Waals surface area contributed by atoms with Gasteiger partial charge >= 0.3 is 0 Å². The maximum Gasteiger partial charge on any atom is 0.256 e. The Balaban J connectivity index is 2.13. The number of carbonyl (C=O) groups is 1. The molecule has 0 bridgehead atoms. The molecule has 0 radical (unpaired) electrons. The lowest BCUT2D eigenvalue weighted by Crippen LogP contribution is -2.11. The molecule has 3 N–H and O–H groups in total. The Morgan fingerprint density at radius 3 is 2.95 bits per heavy atom. The first-order valence-corrected chi connectivity index (χ1v) is 6.90. The van der Waals surface area contributed by atoms with Gasteiger partial charge in [-0.25, -0.2) is 4.39 Å². The van der Waals surface area contributed by atoms with Crippen LogP contribution >= 0.6 is 22.9 Å². The third kappa shape index (κ3) is 3.58. The van der Waals surface area contributed by atoms with Gasteiger partial charge in [0.15, 0.2) is 0 Å².